The highest BCUT2D eigenvalue weighted by atomic mass is 35.5. The van der Waals surface area contributed by atoms with Crippen molar-refractivity contribution in [3.63, 3.8) is 0 Å². The Morgan fingerprint density at radius 1 is 1.31 bits per heavy atom. The molecule has 0 saturated carbocycles. The Balaban J connectivity index is 1.66. The first kappa shape index (κ1) is 17.1. The number of nitrogens with zero attached hydrogens (tertiary/aromatic N) is 1. The Kier molecular flexibility index (Phi) is 4.66. The molecule has 0 radical (unpaired) electrons. The number of carbonyl (C=O) groups is 1. The van der Waals surface area contributed by atoms with Crippen LogP contribution < -0.4 is 10.1 Å². The second kappa shape index (κ2) is 7.09. The maximum atomic E-state index is 12.3. The number of benzene rings is 2. The van der Waals surface area contributed by atoms with Crippen molar-refractivity contribution in [2.75, 3.05) is 13.2 Å². The van der Waals surface area contributed by atoms with E-state index in [1.165, 1.54) is 0 Å². The molecule has 0 spiro atoms. The van der Waals surface area contributed by atoms with Gasteiger partial charge in [-0.2, -0.15) is 0 Å². The molecule has 0 saturated heterocycles. The molecule has 4 nitrogen and oxygen atoms in total. The van der Waals surface area contributed by atoms with Crippen molar-refractivity contribution in [3.05, 3.63) is 68.5 Å². The van der Waals surface area contributed by atoms with Gasteiger partial charge in [-0.15, -0.1) is 11.3 Å². The van der Waals surface area contributed by atoms with Crippen molar-refractivity contribution in [3.8, 4) is 17.0 Å². The topological polar surface area (TPSA) is 51.2 Å². The van der Waals surface area contributed by atoms with Crippen molar-refractivity contribution in [1.82, 2.24) is 10.3 Å². The fourth-order valence-corrected chi connectivity index (χ4v) is 3.89. The second-order valence-electron chi connectivity index (χ2n) is 6.20. The van der Waals surface area contributed by atoms with Gasteiger partial charge in [0.15, 0.2) is 5.75 Å². The van der Waals surface area contributed by atoms with E-state index >= 15 is 0 Å². The van der Waals surface area contributed by atoms with Crippen LogP contribution in [0.5, 0.6) is 5.75 Å². The average molecular weight is 385 g/mol. The summed E-state index contributed by atoms with van der Waals surface area (Å²) in [5, 5.41) is 5.39. The molecule has 4 rings (SSSR count). The molecule has 1 aromatic heterocycles. The fraction of sp³-hybridized carbons (Fsp3) is 0.200. The zero-order valence-electron chi connectivity index (χ0n) is 14.2. The summed E-state index contributed by atoms with van der Waals surface area (Å²) in [6.45, 7) is 2.87. The molecule has 1 N–H and O–H groups in total. The number of halogens is 1. The Bertz CT molecular complexity index is 953. The van der Waals surface area contributed by atoms with E-state index in [1.807, 2.05) is 23.9 Å². The van der Waals surface area contributed by atoms with Gasteiger partial charge >= 0.3 is 0 Å². The summed E-state index contributed by atoms with van der Waals surface area (Å²) in [5.74, 6) is 0.348. The molecule has 6 heteroatoms. The molecule has 1 amide bonds. The summed E-state index contributed by atoms with van der Waals surface area (Å²) in [6.07, 6.45) is 0.698. The summed E-state index contributed by atoms with van der Waals surface area (Å²) in [5.41, 5.74) is 7.54. The van der Waals surface area contributed by atoms with Crippen molar-refractivity contribution in [1.29, 1.82) is 0 Å². The number of thiazole rings is 1. The van der Waals surface area contributed by atoms with Gasteiger partial charge in [0.2, 0.25) is 0 Å². The van der Waals surface area contributed by atoms with Gasteiger partial charge in [0.05, 0.1) is 28.3 Å². The number of hydrogen-bond donors (Lipinski definition) is 1. The number of amides is 1. The number of rotatable bonds is 3. The Morgan fingerprint density at radius 2 is 2.12 bits per heavy atom. The van der Waals surface area contributed by atoms with E-state index in [-0.39, 0.29) is 5.91 Å². The summed E-state index contributed by atoms with van der Waals surface area (Å²) in [7, 11) is 0. The summed E-state index contributed by atoms with van der Waals surface area (Å²) >= 11 is 8.09. The van der Waals surface area contributed by atoms with Gasteiger partial charge in [0.25, 0.3) is 5.91 Å². The van der Waals surface area contributed by atoms with Crippen molar-refractivity contribution < 1.29 is 9.53 Å². The second-order valence-corrected chi connectivity index (χ2v) is 7.30. The molecule has 0 bridgehead atoms. The minimum Gasteiger partial charge on any atom is -0.489 e. The van der Waals surface area contributed by atoms with Crippen LogP contribution in [0.2, 0.25) is 5.02 Å². The van der Waals surface area contributed by atoms with E-state index in [2.05, 4.69) is 34.6 Å². The van der Waals surface area contributed by atoms with E-state index in [1.54, 1.807) is 11.3 Å². The lowest BCUT2D eigenvalue weighted by molar-refractivity contribution is 0.0957. The van der Waals surface area contributed by atoms with Gasteiger partial charge in [-0.05, 0) is 36.1 Å². The molecule has 2 heterocycles. The van der Waals surface area contributed by atoms with Gasteiger partial charge < -0.3 is 10.1 Å². The number of ether oxygens (including phenoxy) is 1. The molecule has 26 heavy (non-hydrogen) atoms. The highest BCUT2D eigenvalue weighted by Crippen LogP contribution is 2.36. The third-order valence-electron chi connectivity index (χ3n) is 4.53. The van der Waals surface area contributed by atoms with Crippen LogP contribution in [0.15, 0.2) is 41.2 Å². The number of hydrogen-bond acceptors (Lipinski definition) is 4. The number of aromatic nitrogens is 1. The van der Waals surface area contributed by atoms with E-state index in [4.69, 9.17) is 16.3 Å². The Labute approximate surface area is 160 Å². The zero-order valence-corrected chi connectivity index (χ0v) is 15.8. The molecule has 0 fully saturated rings. The van der Waals surface area contributed by atoms with Gasteiger partial charge in [-0.3, -0.25) is 4.79 Å². The third kappa shape index (κ3) is 3.20. The van der Waals surface area contributed by atoms with Crippen LogP contribution >= 0.6 is 22.9 Å². The van der Waals surface area contributed by atoms with Crippen LogP contribution in [0, 0.1) is 6.92 Å². The first-order chi connectivity index (χ1) is 12.6. The van der Waals surface area contributed by atoms with Gasteiger partial charge in [-0.25, -0.2) is 4.98 Å². The third-order valence-corrected chi connectivity index (χ3v) is 5.57. The van der Waals surface area contributed by atoms with Gasteiger partial charge in [0.1, 0.15) is 6.61 Å². The SMILES string of the molecule is Cc1c(Cc2ccc(-c3cscn3)cc2)cc2c(c1Cl)OCCNC2=O. The van der Waals surface area contributed by atoms with Crippen LogP contribution in [0.25, 0.3) is 11.3 Å². The highest BCUT2D eigenvalue weighted by molar-refractivity contribution is 7.07. The average Bonchev–Trinajstić information content (AvgIpc) is 3.12. The standard InChI is InChI=1S/C20H17ClN2O2S/c1-12-15(9-16-19(18(12)21)25-7-6-22-20(16)24)8-13-2-4-14(5-3-13)17-10-26-11-23-17/h2-5,9-11H,6-8H2,1H3,(H,22,24). The van der Waals surface area contributed by atoms with Crippen molar-refractivity contribution in [2.45, 2.75) is 13.3 Å². The van der Waals surface area contributed by atoms with Crippen molar-refractivity contribution in [2.24, 2.45) is 0 Å². The first-order valence-corrected chi connectivity index (χ1v) is 9.66. The zero-order chi connectivity index (χ0) is 18.1. The molecule has 0 aliphatic carbocycles. The number of carbonyl (C=O) groups excluding carboxylic acids is 1. The molecule has 1 aliphatic heterocycles. The van der Waals surface area contributed by atoms with Crippen LogP contribution in [-0.2, 0) is 6.42 Å². The summed E-state index contributed by atoms with van der Waals surface area (Å²) < 4.78 is 5.67. The lowest BCUT2D eigenvalue weighted by atomic mass is 9.96. The van der Waals surface area contributed by atoms with Gasteiger partial charge in [0, 0.05) is 10.9 Å². The van der Waals surface area contributed by atoms with E-state index in [0.29, 0.717) is 35.9 Å². The first-order valence-electron chi connectivity index (χ1n) is 8.34. The molecule has 0 unspecified atom stereocenters. The minimum absolute atomic E-state index is 0.139. The van der Waals surface area contributed by atoms with Crippen LogP contribution in [0.1, 0.15) is 27.0 Å². The fourth-order valence-electron chi connectivity index (χ4n) is 3.05. The van der Waals surface area contributed by atoms with Crippen LogP contribution in [0.3, 0.4) is 0 Å². The monoisotopic (exact) mass is 384 g/mol. The van der Waals surface area contributed by atoms with Crippen molar-refractivity contribution >= 4 is 28.8 Å². The smallest absolute Gasteiger partial charge is 0.255 e. The minimum atomic E-state index is -0.139. The quantitative estimate of drug-likeness (QED) is 0.724. The molecule has 132 valence electrons. The Morgan fingerprint density at radius 3 is 2.85 bits per heavy atom. The summed E-state index contributed by atoms with van der Waals surface area (Å²) in [6, 6.07) is 10.2. The largest absolute Gasteiger partial charge is 0.489 e. The Hall–Kier alpha value is -2.37. The van der Waals surface area contributed by atoms with Crippen LogP contribution in [-0.4, -0.2) is 24.0 Å². The molecule has 0 atom stereocenters. The molecule has 3 aromatic rings. The van der Waals surface area contributed by atoms with E-state index < -0.39 is 0 Å². The number of nitrogens with one attached hydrogen (secondary N) is 1. The van der Waals surface area contributed by atoms with E-state index in [9.17, 15) is 4.79 Å². The lowest BCUT2D eigenvalue weighted by Gasteiger charge is -2.15. The summed E-state index contributed by atoms with van der Waals surface area (Å²) in [4.78, 5) is 16.6. The van der Waals surface area contributed by atoms with Crippen LogP contribution in [0.4, 0.5) is 0 Å². The normalized spacial score (nSPS) is 13.5. The molecular weight excluding hydrogens is 368 g/mol. The van der Waals surface area contributed by atoms with E-state index in [0.717, 1.165) is 27.9 Å². The molecular formula is C20H17ClN2O2S. The molecule has 1 aliphatic rings. The number of fused-ring (bicyclic) bond motifs is 1. The highest BCUT2D eigenvalue weighted by Gasteiger charge is 2.22. The van der Waals surface area contributed by atoms with Gasteiger partial charge in [-0.1, -0.05) is 35.9 Å². The predicted octanol–water partition coefficient (Wildman–Crippen LogP) is 4.48. The molecule has 2 aromatic carbocycles. The maximum absolute atomic E-state index is 12.3. The maximum Gasteiger partial charge on any atom is 0.255 e. The lowest BCUT2D eigenvalue weighted by Crippen LogP contribution is -2.24. The predicted molar refractivity (Wildman–Crippen MR) is 104 cm³/mol.